The predicted molar refractivity (Wildman–Crippen MR) is 105 cm³/mol. The monoisotopic (exact) mass is 372 g/mol. The number of rotatable bonds is 4. The lowest BCUT2D eigenvalue weighted by atomic mass is 9.97. The van der Waals surface area contributed by atoms with Gasteiger partial charge < -0.3 is 4.74 Å². The van der Waals surface area contributed by atoms with E-state index < -0.39 is 0 Å². The van der Waals surface area contributed by atoms with E-state index in [1.165, 1.54) is 16.9 Å². The van der Waals surface area contributed by atoms with Gasteiger partial charge in [-0.05, 0) is 49.1 Å². The van der Waals surface area contributed by atoms with Gasteiger partial charge in [-0.2, -0.15) is 0 Å². The van der Waals surface area contributed by atoms with E-state index in [9.17, 15) is 4.79 Å². The minimum atomic E-state index is 0.0496. The van der Waals surface area contributed by atoms with E-state index in [-0.39, 0.29) is 5.56 Å². The first-order chi connectivity index (χ1) is 12.2. The first-order valence-corrected chi connectivity index (χ1v) is 10.4. The Labute approximate surface area is 154 Å². The van der Waals surface area contributed by atoms with Crippen molar-refractivity contribution in [3.63, 3.8) is 0 Å². The van der Waals surface area contributed by atoms with E-state index in [2.05, 4.69) is 6.92 Å². The normalized spacial score (nSPS) is 13.8. The first-order valence-electron chi connectivity index (χ1n) is 8.57. The molecular formula is C19H20N2O2S2. The van der Waals surface area contributed by atoms with Crippen LogP contribution in [0, 0.1) is 0 Å². The van der Waals surface area contributed by atoms with Crippen molar-refractivity contribution in [1.82, 2.24) is 9.55 Å². The van der Waals surface area contributed by atoms with E-state index in [0.717, 1.165) is 51.8 Å². The van der Waals surface area contributed by atoms with Crippen LogP contribution in [0.4, 0.5) is 0 Å². The molecule has 0 N–H and O–H groups in total. The fourth-order valence-corrected chi connectivity index (χ4v) is 5.43. The van der Waals surface area contributed by atoms with Crippen molar-refractivity contribution in [2.24, 2.45) is 0 Å². The van der Waals surface area contributed by atoms with Crippen molar-refractivity contribution in [2.45, 2.75) is 37.8 Å². The summed E-state index contributed by atoms with van der Waals surface area (Å²) in [5, 5.41) is 1.58. The summed E-state index contributed by atoms with van der Waals surface area (Å²) >= 11 is 3.31. The molecule has 0 radical (unpaired) electrons. The number of thioether (sulfide) groups is 1. The summed E-state index contributed by atoms with van der Waals surface area (Å²) in [5.74, 6) is 1.61. The van der Waals surface area contributed by atoms with Crippen LogP contribution in [0.1, 0.15) is 30.2 Å². The summed E-state index contributed by atoms with van der Waals surface area (Å²) in [7, 11) is 1.64. The topological polar surface area (TPSA) is 44.1 Å². The third-order valence-electron chi connectivity index (χ3n) is 4.54. The lowest BCUT2D eigenvalue weighted by Crippen LogP contribution is -2.22. The van der Waals surface area contributed by atoms with E-state index in [1.807, 2.05) is 24.3 Å². The van der Waals surface area contributed by atoms with Gasteiger partial charge in [0.1, 0.15) is 10.6 Å². The molecule has 0 saturated heterocycles. The molecule has 1 aliphatic carbocycles. The van der Waals surface area contributed by atoms with Gasteiger partial charge >= 0.3 is 0 Å². The molecule has 4 nitrogen and oxygen atoms in total. The number of fused-ring (bicyclic) bond motifs is 3. The fourth-order valence-electron chi connectivity index (χ4n) is 3.39. The zero-order chi connectivity index (χ0) is 17.4. The molecule has 0 atom stereocenters. The van der Waals surface area contributed by atoms with Gasteiger partial charge in [-0.15, -0.1) is 11.3 Å². The van der Waals surface area contributed by atoms with Crippen molar-refractivity contribution in [1.29, 1.82) is 0 Å². The maximum atomic E-state index is 13.4. The van der Waals surface area contributed by atoms with E-state index in [0.29, 0.717) is 0 Å². The van der Waals surface area contributed by atoms with Crippen molar-refractivity contribution in [3.05, 3.63) is 45.1 Å². The summed E-state index contributed by atoms with van der Waals surface area (Å²) in [5.41, 5.74) is 2.09. The van der Waals surface area contributed by atoms with Crippen LogP contribution in [0.25, 0.3) is 15.9 Å². The summed E-state index contributed by atoms with van der Waals surface area (Å²) in [6.45, 7) is 2.08. The number of hydrogen-bond donors (Lipinski definition) is 0. The maximum Gasteiger partial charge on any atom is 0.267 e. The molecule has 0 amide bonds. The molecule has 130 valence electrons. The SMILES string of the molecule is CCSc1nc2sc3c(c2c(=O)n1-c1cccc(OC)c1)CCCC3. The highest BCUT2D eigenvalue weighted by Crippen LogP contribution is 2.35. The molecule has 6 heteroatoms. The minimum absolute atomic E-state index is 0.0496. The smallest absolute Gasteiger partial charge is 0.267 e. The molecule has 1 aliphatic rings. The molecule has 0 fully saturated rings. The number of ether oxygens (including phenoxy) is 1. The Bertz CT molecular complexity index is 991. The van der Waals surface area contributed by atoms with Gasteiger partial charge in [0.15, 0.2) is 5.16 Å². The van der Waals surface area contributed by atoms with Crippen LogP contribution in [0.5, 0.6) is 5.75 Å². The molecule has 3 aromatic rings. The Kier molecular flexibility index (Phi) is 4.56. The van der Waals surface area contributed by atoms with Crippen LogP contribution in [0.15, 0.2) is 34.2 Å². The van der Waals surface area contributed by atoms with Gasteiger partial charge in [0.25, 0.3) is 5.56 Å². The number of aromatic nitrogens is 2. The lowest BCUT2D eigenvalue weighted by molar-refractivity contribution is 0.414. The molecule has 2 heterocycles. The Hall–Kier alpha value is -1.79. The van der Waals surface area contributed by atoms with Crippen LogP contribution in [0.3, 0.4) is 0 Å². The molecule has 0 unspecified atom stereocenters. The quantitative estimate of drug-likeness (QED) is 0.501. The van der Waals surface area contributed by atoms with Gasteiger partial charge in [-0.1, -0.05) is 24.8 Å². The standard InChI is InChI=1S/C19H20N2O2S2/c1-3-24-19-20-17-16(14-9-4-5-10-15(14)25-17)18(22)21(19)12-7-6-8-13(11-12)23-2/h6-8,11H,3-5,9-10H2,1-2H3. The minimum Gasteiger partial charge on any atom is -0.497 e. The molecule has 2 aromatic heterocycles. The van der Waals surface area contributed by atoms with Crippen molar-refractivity contribution < 1.29 is 4.74 Å². The molecule has 25 heavy (non-hydrogen) atoms. The summed E-state index contributed by atoms with van der Waals surface area (Å²) in [6.07, 6.45) is 4.43. The molecule has 0 aliphatic heterocycles. The van der Waals surface area contributed by atoms with E-state index >= 15 is 0 Å². The first kappa shape index (κ1) is 16.7. The third kappa shape index (κ3) is 2.87. The van der Waals surface area contributed by atoms with Gasteiger partial charge in [0, 0.05) is 10.9 Å². The summed E-state index contributed by atoms with van der Waals surface area (Å²) in [6, 6.07) is 7.64. The molecule has 1 aromatic carbocycles. The molecule has 0 bridgehead atoms. The second-order valence-electron chi connectivity index (χ2n) is 6.06. The summed E-state index contributed by atoms with van der Waals surface area (Å²) < 4.78 is 7.09. The molecule has 0 spiro atoms. The second-order valence-corrected chi connectivity index (χ2v) is 8.38. The van der Waals surface area contributed by atoms with Crippen molar-refractivity contribution in [2.75, 3.05) is 12.9 Å². The van der Waals surface area contributed by atoms with Gasteiger partial charge in [0.05, 0.1) is 18.2 Å². The fraction of sp³-hybridized carbons (Fsp3) is 0.368. The Morgan fingerprint density at radius 1 is 1.32 bits per heavy atom. The highest BCUT2D eigenvalue weighted by molar-refractivity contribution is 7.99. The third-order valence-corrected chi connectivity index (χ3v) is 6.55. The Morgan fingerprint density at radius 2 is 2.16 bits per heavy atom. The highest BCUT2D eigenvalue weighted by atomic mass is 32.2. The summed E-state index contributed by atoms with van der Waals surface area (Å²) in [4.78, 5) is 20.5. The van der Waals surface area contributed by atoms with Gasteiger partial charge in [-0.25, -0.2) is 4.98 Å². The van der Waals surface area contributed by atoms with Gasteiger partial charge in [0.2, 0.25) is 0 Å². The average molecular weight is 373 g/mol. The van der Waals surface area contributed by atoms with E-state index in [4.69, 9.17) is 9.72 Å². The lowest BCUT2D eigenvalue weighted by Gasteiger charge is -2.13. The zero-order valence-electron chi connectivity index (χ0n) is 14.4. The number of methoxy groups -OCH3 is 1. The largest absolute Gasteiger partial charge is 0.497 e. The van der Waals surface area contributed by atoms with E-state index in [1.54, 1.807) is 34.8 Å². The number of thiophene rings is 1. The van der Waals surface area contributed by atoms with Crippen LogP contribution in [0.2, 0.25) is 0 Å². The van der Waals surface area contributed by atoms with Crippen LogP contribution in [-0.2, 0) is 12.8 Å². The number of nitrogens with zero attached hydrogens (tertiary/aromatic N) is 2. The zero-order valence-corrected chi connectivity index (χ0v) is 16.0. The van der Waals surface area contributed by atoms with Crippen molar-refractivity contribution in [3.8, 4) is 11.4 Å². The molecule has 4 rings (SSSR count). The molecule has 0 saturated carbocycles. The van der Waals surface area contributed by atoms with Crippen LogP contribution in [-0.4, -0.2) is 22.4 Å². The van der Waals surface area contributed by atoms with Gasteiger partial charge in [-0.3, -0.25) is 9.36 Å². The highest BCUT2D eigenvalue weighted by Gasteiger charge is 2.22. The predicted octanol–water partition coefficient (Wildman–Crippen LogP) is 4.45. The molecular weight excluding hydrogens is 352 g/mol. The van der Waals surface area contributed by atoms with Crippen LogP contribution >= 0.6 is 23.1 Å². The number of aryl methyl sites for hydroxylation is 2. The maximum absolute atomic E-state index is 13.4. The Balaban J connectivity index is 2.02. The Morgan fingerprint density at radius 3 is 2.96 bits per heavy atom. The van der Waals surface area contributed by atoms with Crippen LogP contribution < -0.4 is 10.3 Å². The van der Waals surface area contributed by atoms with Crippen molar-refractivity contribution >= 4 is 33.3 Å². The number of hydrogen-bond acceptors (Lipinski definition) is 5. The number of benzene rings is 1. The second kappa shape index (κ2) is 6.84. The average Bonchev–Trinajstić information content (AvgIpc) is 3.00.